The van der Waals surface area contributed by atoms with E-state index in [-0.39, 0.29) is 18.2 Å². The van der Waals surface area contributed by atoms with Crippen LogP contribution in [0.15, 0.2) is 0 Å². The van der Waals surface area contributed by atoms with Crippen molar-refractivity contribution < 1.29 is 14.3 Å². The second-order valence-corrected chi connectivity index (χ2v) is 5.39. The number of ether oxygens (including phenoxy) is 2. The van der Waals surface area contributed by atoms with Crippen molar-refractivity contribution >= 4 is 6.09 Å². The summed E-state index contributed by atoms with van der Waals surface area (Å²) in [6, 6.07) is 0.227. The summed E-state index contributed by atoms with van der Waals surface area (Å²) in [6.07, 6.45) is -0.215. The molecule has 2 aliphatic rings. The van der Waals surface area contributed by atoms with Crippen LogP contribution in [0.5, 0.6) is 0 Å². The number of morpholine rings is 1. The normalized spacial score (nSPS) is 30.1. The SMILES string of the molecule is CC(C)(C)OC(=O)N1C2CNCC1COC2. The van der Waals surface area contributed by atoms with Crippen LogP contribution in [0.4, 0.5) is 4.79 Å². The number of piperazine rings is 1. The highest BCUT2D eigenvalue weighted by Crippen LogP contribution is 2.20. The number of nitrogens with zero attached hydrogens (tertiary/aromatic N) is 1. The molecule has 2 bridgehead atoms. The highest BCUT2D eigenvalue weighted by atomic mass is 16.6. The average Bonchev–Trinajstić information content (AvgIpc) is 2.13. The number of carbonyl (C=O) groups is 1. The fourth-order valence-electron chi connectivity index (χ4n) is 2.14. The van der Waals surface area contributed by atoms with Crippen molar-refractivity contribution in [3.05, 3.63) is 0 Å². The minimum Gasteiger partial charge on any atom is -0.444 e. The van der Waals surface area contributed by atoms with Gasteiger partial charge in [-0.3, -0.25) is 4.90 Å². The van der Waals surface area contributed by atoms with E-state index in [0.29, 0.717) is 13.2 Å². The van der Waals surface area contributed by atoms with E-state index in [4.69, 9.17) is 9.47 Å². The zero-order valence-corrected chi connectivity index (χ0v) is 10.2. The third-order valence-corrected chi connectivity index (χ3v) is 2.77. The zero-order chi connectivity index (χ0) is 11.8. The molecule has 0 radical (unpaired) electrons. The molecule has 16 heavy (non-hydrogen) atoms. The molecule has 0 spiro atoms. The molecule has 2 fully saturated rings. The Kier molecular flexibility index (Phi) is 3.08. The first-order valence-electron chi connectivity index (χ1n) is 5.77. The van der Waals surface area contributed by atoms with Crippen molar-refractivity contribution in [2.45, 2.75) is 38.5 Å². The van der Waals surface area contributed by atoms with Gasteiger partial charge in [-0.25, -0.2) is 4.79 Å². The summed E-state index contributed by atoms with van der Waals surface area (Å²) in [5.74, 6) is 0. The molecule has 0 aromatic rings. The molecule has 2 atom stereocenters. The lowest BCUT2D eigenvalue weighted by Gasteiger charge is -2.45. The molecule has 1 N–H and O–H groups in total. The fourth-order valence-corrected chi connectivity index (χ4v) is 2.14. The molecular formula is C11H20N2O3. The highest BCUT2D eigenvalue weighted by Gasteiger charge is 2.39. The van der Waals surface area contributed by atoms with Crippen LogP contribution in [-0.4, -0.2) is 55.0 Å². The van der Waals surface area contributed by atoms with E-state index in [2.05, 4.69) is 5.32 Å². The molecule has 2 unspecified atom stereocenters. The molecule has 5 heteroatoms. The smallest absolute Gasteiger partial charge is 0.411 e. The molecule has 2 aliphatic heterocycles. The highest BCUT2D eigenvalue weighted by molar-refractivity contribution is 5.69. The summed E-state index contributed by atoms with van der Waals surface area (Å²) in [5, 5.41) is 3.31. The summed E-state index contributed by atoms with van der Waals surface area (Å²) in [4.78, 5) is 13.9. The lowest BCUT2D eigenvalue weighted by atomic mass is 10.1. The molecule has 92 valence electrons. The van der Waals surface area contributed by atoms with E-state index in [1.54, 1.807) is 0 Å². The van der Waals surface area contributed by atoms with Crippen LogP contribution in [0, 0.1) is 0 Å². The number of fused-ring (bicyclic) bond motifs is 2. The Labute approximate surface area is 96.1 Å². The first-order valence-corrected chi connectivity index (χ1v) is 5.77. The maximum absolute atomic E-state index is 12.0. The van der Waals surface area contributed by atoms with Gasteiger partial charge in [0.2, 0.25) is 0 Å². The van der Waals surface area contributed by atoms with Gasteiger partial charge in [-0.05, 0) is 20.8 Å². The minimum absolute atomic E-state index is 0.113. The first kappa shape index (κ1) is 11.7. The van der Waals surface area contributed by atoms with Gasteiger partial charge in [0.05, 0.1) is 25.3 Å². The van der Waals surface area contributed by atoms with Crippen LogP contribution in [-0.2, 0) is 9.47 Å². The standard InChI is InChI=1S/C11H20N2O3/c1-11(2,3)16-10(14)13-8-4-12-5-9(13)7-15-6-8/h8-9,12H,4-7H2,1-3H3. The first-order chi connectivity index (χ1) is 7.47. The Morgan fingerprint density at radius 2 is 1.88 bits per heavy atom. The molecule has 2 heterocycles. The number of nitrogens with one attached hydrogen (secondary N) is 1. The van der Waals surface area contributed by atoms with Crippen LogP contribution >= 0.6 is 0 Å². The van der Waals surface area contributed by atoms with Gasteiger partial charge in [0, 0.05) is 13.1 Å². The quantitative estimate of drug-likeness (QED) is 0.659. The zero-order valence-electron chi connectivity index (χ0n) is 10.2. The molecule has 0 aliphatic carbocycles. The molecule has 2 saturated heterocycles. The van der Waals surface area contributed by atoms with Crippen LogP contribution < -0.4 is 5.32 Å². The molecular weight excluding hydrogens is 208 g/mol. The topological polar surface area (TPSA) is 50.8 Å². The lowest BCUT2D eigenvalue weighted by molar-refractivity contribution is -0.0717. The number of rotatable bonds is 0. The van der Waals surface area contributed by atoms with Gasteiger partial charge >= 0.3 is 6.09 Å². The van der Waals surface area contributed by atoms with Gasteiger partial charge in [0.15, 0.2) is 0 Å². The summed E-state index contributed by atoms with van der Waals surface area (Å²) in [5.41, 5.74) is -0.433. The predicted octanol–water partition coefficient (Wildman–Crippen LogP) is 0.594. The largest absolute Gasteiger partial charge is 0.444 e. The van der Waals surface area contributed by atoms with E-state index >= 15 is 0 Å². The lowest BCUT2D eigenvalue weighted by Crippen LogP contribution is -2.65. The predicted molar refractivity (Wildman–Crippen MR) is 59.3 cm³/mol. The van der Waals surface area contributed by atoms with E-state index in [0.717, 1.165) is 13.1 Å². The van der Waals surface area contributed by atoms with Gasteiger partial charge in [-0.1, -0.05) is 0 Å². The number of amides is 1. The molecule has 0 aromatic carbocycles. The summed E-state index contributed by atoms with van der Waals surface area (Å²) in [6.45, 7) is 8.44. The van der Waals surface area contributed by atoms with Crippen molar-refractivity contribution in [1.29, 1.82) is 0 Å². The molecule has 0 saturated carbocycles. The van der Waals surface area contributed by atoms with Crippen molar-refractivity contribution in [3.63, 3.8) is 0 Å². The van der Waals surface area contributed by atoms with Gasteiger partial charge in [-0.2, -0.15) is 0 Å². The van der Waals surface area contributed by atoms with E-state index in [1.165, 1.54) is 0 Å². The third-order valence-electron chi connectivity index (χ3n) is 2.77. The third kappa shape index (κ3) is 2.47. The van der Waals surface area contributed by atoms with Crippen molar-refractivity contribution in [3.8, 4) is 0 Å². The molecule has 2 rings (SSSR count). The Bertz CT molecular complexity index is 253. The number of carbonyl (C=O) groups excluding carboxylic acids is 1. The monoisotopic (exact) mass is 228 g/mol. The van der Waals surface area contributed by atoms with Crippen LogP contribution in [0.3, 0.4) is 0 Å². The summed E-state index contributed by atoms with van der Waals surface area (Å²) >= 11 is 0. The van der Waals surface area contributed by atoms with Crippen LogP contribution in [0.1, 0.15) is 20.8 Å². The maximum atomic E-state index is 12.0. The minimum atomic E-state index is -0.433. The Balaban J connectivity index is 2.04. The Morgan fingerprint density at radius 1 is 1.31 bits per heavy atom. The summed E-state index contributed by atoms with van der Waals surface area (Å²) in [7, 11) is 0. The number of hydrogen-bond donors (Lipinski definition) is 1. The average molecular weight is 228 g/mol. The molecule has 0 aromatic heterocycles. The van der Waals surface area contributed by atoms with Gasteiger partial charge in [0.25, 0.3) is 0 Å². The van der Waals surface area contributed by atoms with Crippen molar-refractivity contribution in [2.24, 2.45) is 0 Å². The molecule has 5 nitrogen and oxygen atoms in total. The second kappa shape index (κ2) is 4.22. The Hall–Kier alpha value is -0.810. The van der Waals surface area contributed by atoms with Crippen LogP contribution in [0.25, 0.3) is 0 Å². The maximum Gasteiger partial charge on any atom is 0.411 e. The molecule has 1 amide bonds. The number of hydrogen-bond acceptors (Lipinski definition) is 4. The second-order valence-electron chi connectivity index (χ2n) is 5.39. The van der Waals surface area contributed by atoms with Crippen molar-refractivity contribution in [2.75, 3.05) is 26.3 Å². The summed E-state index contributed by atoms with van der Waals surface area (Å²) < 4.78 is 10.9. The van der Waals surface area contributed by atoms with Gasteiger partial charge in [-0.15, -0.1) is 0 Å². The van der Waals surface area contributed by atoms with E-state index in [1.807, 2.05) is 25.7 Å². The van der Waals surface area contributed by atoms with E-state index in [9.17, 15) is 4.79 Å². The van der Waals surface area contributed by atoms with Gasteiger partial charge in [0.1, 0.15) is 5.60 Å². The fraction of sp³-hybridized carbons (Fsp3) is 0.909. The van der Waals surface area contributed by atoms with E-state index < -0.39 is 5.60 Å². The van der Waals surface area contributed by atoms with Crippen LogP contribution in [0.2, 0.25) is 0 Å². The Morgan fingerprint density at radius 3 is 2.38 bits per heavy atom. The van der Waals surface area contributed by atoms with Gasteiger partial charge < -0.3 is 14.8 Å². The van der Waals surface area contributed by atoms with Crippen molar-refractivity contribution in [1.82, 2.24) is 10.2 Å².